The van der Waals surface area contributed by atoms with Crippen molar-refractivity contribution >= 4 is 17.5 Å². The molecule has 0 bridgehead atoms. The Bertz CT molecular complexity index is 726. The fraction of sp³-hybridized carbons (Fsp3) is 0.389. The van der Waals surface area contributed by atoms with Gasteiger partial charge in [-0.25, -0.2) is 4.98 Å². The van der Waals surface area contributed by atoms with Gasteiger partial charge in [0.2, 0.25) is 0 Å². The Morgan fingerprint density at radius 2 is 2.00 bits per heavy atom. The number of benzene rings is 1. The fourth-order valence-corrected chi connectivity index (χ4v) is 2.56. The smallest absolute Gasteiger partial charge is 0.313 e. The van der Waals surface area contributed by atoms with Gasteiger partial charge in [-0.3, -0.25) is 9.59 Å². The number of carbonyl (C=O) groups is 2. The molecule has 2 amide bonds. The minimum absolute atomic E-state index is 0.0679. The van der Waals surface area contributed by atoms with Crippen LogP contribution < -0.4 is 15.4 Å². The van der Waals surface area contributed by atoms with E-state index in [0.29, 0.717) is 28.7 Å². The summed E-state index contributed by atoms with van der Waals surface area (Å²) in [6.07, 6.45) is 3.70. The first-order chi connectivity index (χ1) is 11.9. The highest BCUT2D eigenvalue weighted by atomic mass is 16.5. The fourth-order valence-electron chi connectivity index (χ4n) is 2.56. The lowest BCUT2D eigenvalue weighted by Gasteiger charge is -2.16. The van der Waals surface area contributed by atoms with Crippen LogP contribution in [-0.2, 0) is 9.59 Å². The molecule has 0 aliphatic heterocycles. The van der Waals surface area contributed by atoms with Crippen molar-refractivity contribution in [2.45, 2.75) is 33.2 Å². The maximum atomic E-state index is 12.1. The first-order valence-electron chi connectivity index (χ1n) is 8.09. The number of aromatic nitrogens is 1. The van der Waals surface area contributed by atoms with E-state index in [0.717, 1.165) is 6.42 Å². The molecule has 1 aromatic carbocycles. The SMILES string of the molecule is COc1cc(NC(=O)C(=O)NC(C)CC(C)C)ccc1-c1cnco1. The number of nitrogens with zero attached hydrogens (tertiary/aromatic N) is 1. The summed E-state index contributed by atoms with van der Waals surface area (Å²) in [6, 6.07) is 4.96. The van der Waals surface area contributed by atoms with E-state index in [4.69, 9.17) is 9.15 Å². The summed E-state index contributed by atoms with van der Waals surface area (Å²) in [6.45, 7) is 6.00. The summed E-state index contributed by atoms with van der Waals surface area (Å²) in [5, 5.41) is 5.26. The van der Waals surface area contributed by atoms with Crippen molar-refractivity contribution in [2.24, 2.45) is 5.92 Å². The van der Waals surface area contributed by atoms with Crippen molar-refractivity contribution in [1.29, 1.82) is 0 Å². The maximum Gasteiger partial charge on any atom is 0.313 e. The lowest BCUT2D eigenvalue weighted by atomic mass is 10.1. The molecule has 0 spiro atoms. The predicted octanol–water partition coefficient (Wildman–Crippen LogP) is 2.84. The Balaban J connectivity index is 2.04. The van der Waals surface area contributed by atoms with E-state index in [1.165, 1.54) is 13.5 Å². The third-order valence-corrected chi connectivity index (χ3v) is 3.57. The summed E-state index contributed by atoms with van der Waals surface area (Å²) in [4.78, 5) is 27.9. The maximum absolute atomic E-state index is 12.1. The normalized spacial score (nSPS) is 11.9. The zero-order valence-corrected chi connectivity index (χ0v) is 14.8. The molecule has 0 saturated carbocycles. The molecule has 1 aromatic heterocycles. The number of hydrogen-bond donors (Lipinski definition) is 2. The first-order valence-corrected chi connectivity index (χ1v) is 8.09. The molecule has 1 atom stereocenters. The van der Waals surface area contributed by atoms with E-state index in [9.17, 15) is 9.59 Å². The van der Waals surface area contributed by atoms with E-state index in [-0.39, 0.29) is 6.04 Å². The molecule has 7 heteroatoms. The van der Waals surface area contributed by atoms with E-state index in [1.807, 2.05) is 6.92 Å². The number of anilines is 1. The molecule has 0 aliphatic carbocycles. The lowest BCUT2D eigenvalue weighted by molar-refractivity contribution is -0.136. The molecule has 2 N–H and O–H groups in total. The Kier molecular flexibility index (Phi) is 6.16. The number of amides is 2. The molecule has 25 heavy (non-hydrogen) atoms. The number of ether oxygens (including phenoxy) is 1. The van der Waals surface area contributed by atoms with Crippen LogP contribution in [-0.4, -0.2) is 29.9 Å². The summed E-state index contributed by atoms with van der Waals surface area (Å²) in [5.74, 6) is 0.112. The van der Waals surface area contributed by atoms with Crippen molar-refractivity contribution in [3.8, 4) is 17.1 Å². The summed E-state index contributed by atoms with van der Waals surface area (Å²) in [5.41, 5.74) is 1.16. The van der Waals surface area contributed by atoms with Gasteiger partial charge >= 0.3 is 11.8 Å². The molecule has 1 heterocycles. The minimum atomic E-state index is -0.718. The molecule has 0 fully saturated rings. The van der Waals surface area contributed by atoms with Crippen LogP contribution in [0.5, 0.6) is 5.75 Å². The largest absolute Gasteiger partial charge is 0.496 e. The highest BCUT2D eigenvalue weighted by molar-refractivity contribution is 6.39. The van der Waals surface area contributed by atoms with Crippen molar-refractivity contribution < 1.29 is 18.7 Å². The van der Waals surface area contributed by atoms with Gasteiger partial charge in [-0.2, -0.15) is 0 Å². The summed E-state index contributed by atoms with van der Waals surface area (Å²) in [7, 11) is 1.51. The van der Waals surface area contributed by atoms with Crippen molar-refractivity contribution in [3.63, 3.8) is 0 Å². The van der Waals surface area contributed by atoms with Gasteiger partial charge in [0.1, 0.15) is 5.75 Å². The van der Waals surface area contributed by atoms with Crippen LogP contribution in [0.2, 0.25) is 0 Å². The van der Waals surface area contributed by atoms with Gasteiger partial charge in [0, 0.05) is 17.8 Å². The second-order valence-electron chi connectivity index (χ2n) is 6.24. The highest BCUT2D eigenvalue weighted by Crippen LogP contribution is 2.32. The quantitative estimate of drug-likeness (QED) is 0.785. The van der Waals surface area contributed by atoms with Gasteiger partial charge in [-0.1, -0.05) is 13.8 Å². The number of nitrogens with one attached hydrogen (secondary N) is 2. The van der Waals surface area contributed by atoms with Gasteiger partial charge < -0.3 is 19.8 Å². The third-order valence-electron chi connectivity index (χ3n) is 3.57. The molecular weight excluding hydrogens is 322 g/mol. The van der Waals surface area contributed by atoms with Crippen LogP contribution in [0, 0.1) is 5.92 Å². The van der Waals surface area contributed by atoms with Crippen LogP contribution in [0.4, 0.5) is 5.69 Å². The molecular formula is C18H23N3O4. The van der Waals surface area contributed by atoms with Gasteiger partial charge in [0.05, 0.1) is 18.9 Å². The molecule has 2 rings (SSSR count). The molecule has 0 aliphatic rings. The summed E-state index contributed by atoms with van der Waals surface area (Å²) < 4.78 is 10.6. The zero-order valence-electron chi connectivity index (χ0n) is 14.8. The average Bonchev–Trinajstić information content (AvgIpc) is 3.07. The Labute approximate surface area is 146 Å². The number of oxazole rings is 1. The van der Waals surface area contributed by atoms with Crippen molar-refractivity contribution in [2.75, 3.05) is 12.4 Å². The third kappa shape index (κ3) is 5.07. The number of hydrogen-bond acceptors (Lipinski definition) is 5. The Morgan fingerprint density at radius 1 is 1.24 bits per heavy atom. The number of methoxy groups -OCH3 is 1. The predicted molar refractivity (Wildman–Crippen MR) is 94.2 cm³/mol. The van der Waals surface area contributed by atoms with E-state index in [1.54, 1.807) is 24.4 Å². The number of carbonyl (C=O) groups excluding carboxylic acids is 2. The molecule has 0 radical (unpaired) electrons. The molecule has 7 nitrogen and oxygen atoms in total. The van der Waals surface area contributed by atoms with Gasteiger partial charge in [-0.15, -0.1) is 0 Å². The van der Waals surface area contributed by atoms with Crippen LogP contribution in [0.3, 0.4) is 0 Å². The molecule has 1 unspecified atom stereocenters. The Hall–Kier alpha value is -2.83. The molecule has 2 aromatic rings. The second kappa shape index (κ2) is 8.32. The van der Waals surface area contributed by atoms with Gasteiger partial charge in [0.15, 0.2) is 12.2 Å². The molecule has 134 valence electrons. The lowest BCUT2D eigenvalue weighted by Crippen LogP contribution is -2.41. The van der Waals surface area contributed by atoms with Gasteiger partial charge in [-0.05, 0) is 31.4 Å². The molecule has 0 saturated heterocycles. The Morgan fingerprint density at radius 3 is 2.60 bits per heavy atom. The van der Waals surface area contributed by atoms with E-state index >= 15 is 0 Å². The van der Waals surface area contributed by atoms with E-state index in [2.05, 4.69) is 29.5 Å². The van der Waals surface area contributed by atoms with Crippen LogP contribution >= 0.6 is 0 Å². The van der Waals surface area contributed by atoms with Crippen LogP contribution in [0.25, 0.3) is 11.3 Å². The van der Waals surface area contributed by atoms with Crippen molar-refractivity contribution in [3.05, 3.63) is 30.8 Å². The number of rotatable bonds is 6. The summed E-state index contributed by atoms with van der Waals surface area (Å²) >= 11 is 0. The average molecular weight is 345 g/mol. The second-order valence-corrected chi connectivity index (χ2v) is 6.24. The van der Waals surface area contributed by atoms with Crippen molar-refractivity contribution in [1.82, 2.24) is 10.3 Å². The van der Waals surface area contributed by atoms with Crippen LogP contribution in [0.15, 0.2) is 35.2 Å². The van der Waals surface area contributed by atoms with Crippen LogP contribution in [0.1, 0.15) is 27.2 Å². The topological polar surface area (TPSA) is 93.5 Å². The monoisotopic (exact) mass is 345 g/mol. The first kappa shape index (κ1) is 18.5. The zero-order chi connectivity index (χ0) is 18.4. The minimum Gasteiger partial charge on any atom is -0.496 e. The highest BCUT2D eigenvalue weighted by Gasteiger charge is 2.18. The van der Waals surface area contributed by atoms with Gasteiger partial charge in [0.25, 0.3) is 0 Å². The van der Waals surface area contributed by atoms with E-state index < -0.39 is 11.8 Å². The standard InChI is InChI=1S/C18H23N3O4/c1-11(2)7-12(3)20-17(22)18(23)21-13-5-6-14(15(8-13)24-4)16-9-19-10-25-16/h5-6,8-12H,7H2,1-4H3,(H,20,22)(H,21,23).